The average Bonchev–Trinajstić information content (AvgIpc) is 3.62. The van der Waals surface area contributed by atoms with E-state index in [4.69, 9.17) is 9.47 Å². The summed E-state index contributed by atoms with van der Waals surface area (Å²) in [4.78, 5) is 57.2. The van der Waals surface area contributed by atoms with E-state index in [2.05, 4.69) is 18.4 Å². The number of carbonyl (C=O) groups is 3. The SMILES string of the molecule is COc1ccc([Si](C)(C)[C@H]2[C@H](CC(=O)N3Cc4ccccc4C[C@H]3CO)O[C@@]3(C(=O)N(Cc4cccc(NC(=O)[C@H](C)O)c4)c4ccc([N+](=O)[O-])cc43)[C@@H]2C)cc1. The first-order chi connectivity index (χ1) is 27.2. The van der Waals surface area contributed by atoms with Crippen LogP contribution < -0.4 is 20.1 Å². The molecule has 0 aliphatic carbocycles. The molecule has 0 unspecified atom stereocenters. The molecule has 57 heavy (non-hydrogen) atoms. The van der Waals surface area contributed by atoms with Crippen molar-refractivity contribution in [2.24, 2.45) is 5.92 Å². The van der Waals surface area contributed by atoms with Gasteiger partial charge >= 0.3 is 0 Å². The van der Waals surface area contributed by atoms with Gasteiger partial charge in [0.05, 0.1) is 57.5 Å². The van der Waals surface area contributed by atoms with Crippen LogP contribution in [0.15, 0.2) is 91.0 Å². The molecule has 3 aliphatic rings. The third-order valence-electron chi connectivity index (χ3n) is 12.2. The van der Waals surface area contributed by atoms with E-state index >= 15 is 4.79 Å². The van der Waals surface area contributed by atoms with E-state index in [0.29, 0.717) is 41.2 Å². The number of anilines is 2. The topological polar surface area (TPSA) is 172 Å². The van der Waals surface area contributed by atoms with Gasteiger partial charge in [0.2, 0.25) is 5.91 Å². The number of amides is 3. The maximum Gasteiger partial charge on any atom is 0.269 e. The Kier molecular flexibility index (Phi) is 10.8. The molecule has 4 aromatic rings. The number of benzene rings is 4. The number of nitrogens with zero attached hydrogens (tertiary/aromatic N) is 3. The van der Waals surface area contributed by atoms with E-state index in [9.17, 15) is 29.9 Å². The zero-order valence-electron chi connectivity index (χ0n) is 32.7. The third-order valence-corrected chi connectivity index (χ3v) is 16.6. The molecule has 298 valence electrons. The van der Waals surface area contributed by atoms with E-state index in [1.54, 1.807) is 47.2 Å². The highest BCUT2D eigenvalue weighted by Gasteiger charge is 2.67. The highest BCUT2D eigenvalue weighted by Crippen LogP contribution is 2.60. The van der Waals surface area contributed by atoms with Crippen LogP contribution in [0, 0.1) is 16.0 Å². The number of fused-ring (bicyclic) bond motifs is 3. The number of rotatable bonds is 11. The number of non-ortho nitro benzene ring substituents is 1. The minimum Gasteiger partial charge on any atom is -0.497 e. The Morgan fingerprint density at radius 3 is 2.44 bits per heavy atom. The summed E-state index contributed by atoms with van der Waals surface area (Å²) in [6.45, 7) is 7.88. The summed E-state index contributed by atoms with van der Waals surface area (Å²) < 4.78 is 12.6. The van der Waals surface area contributed by atoms with Crippen molar-refractivity contribution in [3.63, 3.8) is 0 Å². The molecule has 14 heteroatoms. The number of nitrogens with one attached hydrogen (secondary N) is 1. The molecule has 0 aromatic heterocycles. The monoisotopic (exact) mass is 792 g/mol. The molecule has 1 fully saturated rings. The van der Waals surface area contributed by atoms with Gasteiger partial charge < -0.3 is 34.8 Å². The number of carbonyl (C=O) groups excluding carboxylic acids is 3. The summed E-state index contributed by atoms with van der Waals surface area (Å²) in [5.41, 5.74) is 1.83. The number of aliphatic hydroxyl groups excluding tert-OH is 2. The van der Waals surface area contributed by atoms with Crippen LogP contribution in [-0.4, -0.2) is 77.8 Å². The predicted molar refractivity (Wildman–Crippen MR) is 217 cm³/mol. The quantitative estimate of drug-likeness (QED) is 0.107. The Morgan fingerprint density at radius 2 is 1.77 bits per heavy atom. The summed E-state index contributed by atoms with van der Waals surface area (Å²) >= 11 is 0. The molecule has 3 heterocycles. The molecule has 0 bridgehead atoms. The van der Waals surface area contributed by atoms with Gasteiger partial charge in [-0.1, -0.05) is 73.7 Å². The molecule has 6 atom stereocenters. The van der Waals surface area contributed by atoms with Crippen molar-refractivity contribution in [1.29, 1.82) is 0 Å². The Bertz CT molecular complexity index is 2210. The normalized spacial score (nSPS) is 23.2. The van der Waals surface area contributed by atoms with E-state index in [1.807, 2.05) is 55.5 Å². The number of nitro groups is 1. The smallest absolute Gasteiger partial charge is 0.269 e. The third kappa shape index (κ3) is 7.11. The zero-order valence-corrected chi connectivity index (χ0v) is 33.7. The fourth-order valence-electron chi connectivity index (χ4n) is 9.28. The van der Waals surface area contributed by atoms with Crippen LogP contribution in [0.5, 0.6) is 5.75 Å². The Balaban J connectivity index is 1.31. The van der Waals surface area contributed by atoms with Gasteiger partial charge in [-0.25, -0.2) is 0 Å². The minimum absolute atomic E-state index is 0.0544. The second kappa shape index (κ2) is 15.5. The van der Waals surface area contributed by atoms with Crippen molar-refractivity contribution in [3.8, 4) is 5.75 Å². The number of aliphatic hydroxyl groups is 2. The van der Waals surface area contributed by atoms with Crippen LogP contribution in [0.1, 0.15) is 42.5 Å². The zero-order chi connectivity index (χ0) is 40.8. The molecule has 3 amide bonds. The molecule has 3 aliphatic heterocycles. The van der Waals surface area contributed by atoms with Crippen molar-refractivity contribution in [3.05, 3.63) is 123 Å². The lowest BCUT2D eigenvalue weighted by Gasteiger charge is -2.39. The molecule has 7 rings (SSSR count). The van der Waals surface area contributed by atoms with Crippen molar-refractivity contribution < 1.29 is 39.0 Å². The molecule has 13 nitrogen and oxygen atoms in total. The first-order valence-electron chi connectivity index (χ1n) is 19.2. The summed E-state index contributed by atoms with van der Waals surface area (Å²) in [7, 11) is -1.08. The fourth-order valence-corrected chi connectivity index (χ4v) is 13.3. The summed E-state index contributed by atoms with van der Waals surface area (Å²) in [5.74, 6) is -1.03. The van der Waals surface area contributed by atoms with Gasteiger partial charge in [-0.15, -0.1) is 0 Å². The largest absolute Gasteiger partial charge is 0.497 e. The Labute approximate surface area is 332 Å². The highest BCUT2D eigenvalue weighted by molar-refractivity contribution is 6.91. The molecule has 3 N–H and O–H groups in total. The Morgan fingerprint density at radius 1 is 1.05 bits per heavy atom. The van der Waals surface area contributed by atoms with Gasteiger partial charge in [0.1, 0.15) is 11.9 Å². The lowest BCUT2D eigenvalue weighted by molar-refractivity contribution is -0.385. The fraction of sp³-hybridized carbons (Fsp3) is 0.372. The van der Waals surface area contributed by atoms with Crippen LogP contribution in [-0.2, 0) is 44.2 Å². The number of methoxy groups -OCH3 is 1. The standard InChI is InChI=1S/C43H48N4O9Si/c1-26-40(57(4,5)35-16-14-34(55-3)15-17-35)38(22-39(50)45-24-30-11-7-6-10-29(30)20-33(45)25-48)56-43(26)36-21-32(47(53)54)13-18-37(36)46(42(43)52)23-28-9-8-12-31(19-28)44-41(51)27(2)49/h6-19,21,26-27,33,38,40,48-49H,20,22-25H2,1-5H3,(H,44,51)/t26-,27+,33+,38+,40-,43+/m1/s1. The lowest BCUT2D eigenvalue weighted by atomic mass is 9.82. The van der Waals surface area contributed by atoms with Gasteiger partial charge in [-0.05, 0) is 65.9 Å². The number of nitro benzene ring substituents is 1. The van der Waals surface area contributed by atoms with Gasteiger partial charge in [-0.2, -0.15) is 0 Å². The molecular formula is C43H48N4O9Si. The van der Waals surface area contributed by atoms with Crippen LogP contribution in [0.3, 0.4) is 0 Å². The minimum atomic E-state index is -2.68. The van der Waals surface area contributed by atoms with Crippen molar-refractivity contribution in [1.82, 2.24) is 4.90 Å². The van der Waals surface area contributed by atoms with Crippen LogP contribution >= 0.6 is 0 Å². The Hall–Kier alpha value is -5.41. The van der Waals surface area contributed by atoms with Gasteiger partial charge in [-0.3, -0.25) is 24.5 Å². The van der Waals surface area contributed by atoms with Crippen molar-refractivity contribution in [2.45, 2.75) is 82.3 Å². The van der Waals surface area contributed by atoms with E-state index in [-0.39, 0.29) is 36.7 Å². The molecule has 1 saturated heterocycles. The lowest BCUT2D eigenvalue weighted by Crippen LogP contribution is -2.52. The van der Waals surface area contributed by atoms with E-state index in [0.717, 1.165) is 16.3 Å². The molecule has 4 aromatic carbocycles. The summed E-state index contributed by atoms with van der Waals surface area (Å²) in [5, 5.41) is 36.2. The van der Waals surface area contributed by atoms with Gasteiger partial charge in [0, 0.05) is 35.8 Å². The molecule has 0 saturated carbocycles. The van der Waals surface area contributed by atoms with Crippen LogP contribution in [0.4, 0.5) is 17.1 Å². The first-order valence-corrected chi connectivity index (χ1v) is 22.3. The summed E-state index contributed by atoms with van der Waals surface area (Å²) in [6.07, 6.45) is -1.54. The first kappa shape index (κ1) is 39.8. The maximum atomic E-state index is 15.3. The summed E-state index contributed by atoms with van der Waals surface area (Å²) in [6, 6.07) is 26.6. The molecule has 1 spiro atoms. The van der Waals surface area contributed by atoms with Gasteiger partial charge in [0.15, 0.2) is 5.60 Å². The molecular weight excluding hydrogens is 745 g/mol. The van der Waals surface area contributed by atoms with Crippen molar-refractivity contribution in [2.75, 3.05) is 23.9 Å². The van der Waals surface area contributed by atoms with E-state index in [1.165, 1.54) is 19.1 Å². The second-order valence-corrected chi connectivity index (χ2v) is 20.6. The highest BCUT2D eigenvalue weighted by atomic mass is 28.3. The number of hydrogen-bond donors (Lipinski definition) is 3. The average molecular weight is 793 g/mol. The molecule has 0 radical (unpaired) electrons. The van der Waals surface area contributed by atoms with Crippen LogP contribution in [0.25, 0.3) is 0 Å². The predicted octanol–water partition coefficient (Wildman–Crippen LogP) is 5.02. The number of ether oxygens (including phenoxy) is 2. The van der Waals surface area contributed by atoms with Gasteiger partial charge in [0.25, 0.3) is 17.5 Å². The van der Waals surface area contributed by atoms with Crippen LogP contribution in [0.2, 0.25) is 18.6 Å². The van der Waals surface area contributed by atoms with Crippen molar-refractivity contribution >= 4 is 48.0 Å². The van der Waals surface area contributed by atoms with E-state index < -0.39 is 54.6 Å². The number of hydrogen-bond acceptors (Lipinski definition) is 9. The second-order valence-electron chi connectivity index (χ2n) is 15.9. The maximum absolute atomic E-state index is 15.3.